The van der Waals surface area contributed by atoms with Gasteiger partial charge in [0.05, 0.1) is 11.7 Å². The molecule has 0 aliphatic carbocycles. The summed E-state index contributed by atoms with van der Waals surface area (Å²) in [5.41, 5.74) is 2.06. The number of rotatable bonds is 3. The maximum atomic E-state index is 12.5. The van der Waals surface area contributed by atoms with Gasteiger partial charge >= 0.3 is 0 Å². The average Bonchev–Trinajstić information content (AvgIpc) is 2.54. The van der Waals surface area contributed by atoms with Crippen LogP contribution in [0.4, 0.5) is 5.69 Å². The molecule has 2 N–H and O–H groups in total. The Bertz CT molecular complexity index is 465. The predicted octanol–water partition coefficient (Wildman–Crippen LogP) is 1.83. The van der Waals surface area contributed by atoms with Crippen molar-refractivity contribution >= 4 is 27.5 Å². The molecule has 1 atom stereocenters. The van der Waals surface area contributed by atoms with Crippen molar-refractivity contribution in [2.75, 3.05) is 24.6 Å². The third kappa shape index (κ3) is 3.35. The molecular formula is C14H19BrN2O2. The molecular weight excluding hydrogens is 308 g/mol. The molecule has 0 spiro atoms. The molecule has 1 unspecified atom stereocenters. The summed E-state index contributed by atoms with van der Waals surface area (Å²) in [6, 6.07) is 5.70. The van der Waals surface area contributed by atoms with Gasteiger partial charge in [-0.3, -0.25) is 4.79 Å². The molecule has 2 rings (SSSR count). The fourth-order valence-corrected chi connectivity index (χ4v) is 3.03. The molecule has 1 saturated heterocycles. The Kier molecular flexibility index (Phi) is 4.96. The first-order valence-corrected chi connectivity index (χ1v) is 7.34. The highest BCUT2D eigenvalue weighted by atomic mass is 79.9. The van der Waals surface area contributed by atoms with Crippen molar-refractivity contribution in [2.45, 2.75) is 25.8 Å². The standard InChI is InChI=1S/C14H19BrN2O2/c1-10-3-4-13(11(15)9-10)17-7-2-6-16-12(5-8-18)14(17)19/h3-4,9,12,16,18H,2,5-8H2,1H3. The van der Waals surface area contributed by atoms with Gasteiger partial charge in [-0.05, 0) is 59.9 Å². The number of hydrogen-bond donors (Lipinski definition) is 2. The van der Waals surface area contributed by atoms with Crippen LogP contribution in [0.3, 0.4) is 0 Å². The Morgan fingerprint density at radius 2 is 2.32 bits per heavy atom. The van der Waals surface area contributed by atoms with E-state index in [9.17, 15) is 4.79 Å². The summed E-state index contributed by atoms with van der Waals surface area (Å²) >= 11 is 3.53. The van der Waals surface area contributed by atoms with Crippen molar-refractivity contribution in [1.82, 2.24) is 5.32 Å². The van der Waals surface area contributed by atoms with Gasteiger partial charge in [-0.15, -0.1) is 0 Å². The average molecular weight is 327 g/mol. The minimum absolute atomic E-state index is 0.0202. The number of hydrogen-bond acceptors (Lipinski definition) is 3. The van der Waals surface area contributed by atoms with Crippen molar-refractivity contribution in [3.63, 3.8) is 0 Å². The molecule has 1 aromatic carbocycles. The second-order valence-electron chi connectivity index (χ2n) is 4.82. The molecule has 5 heteroatoms. The molecule has 1 aromatic rings. The number of halogens is 1. The molecule has 0 saturated carbocycles. The zero-order valence-electron chi connectivity index (χ0n) is 11.0. The Morgan fingerprint density at radius 3 is 3.00 bits per heavy atom. The lowest BCUT2D eigenvalue weighted by molar-refractivity contribution is -0.120. The zero-order valence-corrected chi connectivity index (χ0v) is 12.6. The van der Waals surface area contributed by atoms with E-state index in [-0.39, 0.29) is 18.6 Å². The van der Waals surface area contributed by atoms with Crippen LogP contribution in [0.1, 0.15) is 18.4 Å². The van der Waals surface area contributed by atoms with Crippen molar-refractivity contribution in [2.24, 2.45) is 0 Å². The van der Waals surface area contributed by atoms with Crippen LogP contribution in [-0.4, -0.2) is 36.8 Å². The number of benzene rings is 1. The number of aryl methyl sites for hydroxylation is 1. The third-order valence-electron chi connectivity index (χ3n) is 3.33. The molecule has 0 bridgehead atoms. The summed E-state index contributed by atoms with van der Waals surface area (Å²) in [5, 5.41) is 12.3. The first-order valence-electron chi connectivity index (χ1n) is 6.55. The quantitative estimate of drug-likeness (QED) is 0.891. The van der Waals surface area contributed by atoms with E-state index in [4.69, 9.17) is 5.11 Å². The Balaban J connectivity index is 2.28. The lowest BCUT2D eigenvalue weighted by Crippen LogP contribution is -2.44. The molecule has 1 heterocycles. The smallest absolute Gasteiger partial charge is 0.244 e. The highest BCUT2D eigenvalue weighted by Gasteiger charge is 2.28. The minimum Gasteiger partial charge on any atom is -0.396 e. The van der Waals surface area contributed by atoms with Crippen LogP contribution < -0.4 is 10.2 Å². The van der Waals surface area contributed by atoms with E-state index in [0.717, 1.165) is 28.7 Å². The molecule has 4 nitrogen and oxygen atoms in total. The highest BCUT2D eigenvalue weighted by molar-refractivity contribution is 9.10. The maximum absolute atomic E-state index is 12.5. The predicted molar refractivity (Wildman–Crippen MR) is 79.3 cm³/mol. The van der Waals surface area contributed by atoms with Crippen LogP contribution in [0.5, 0.6) is 0 Å². The van der Waals surface area contributed by atoms with Crippen LogP contribution >= 0.6 is 15.9 Å². The summed E-state index contributed by atoms with van der Waals surface area (Å²) in [6.45, 7) is 3.55. The van der Waals surface area contributed by atoms with E-state index in [1.807, 2.05) is 30.0 Å². The van der Waals surface area contributed by atoms with Gasteiger partial charge in [-0.25, -0.2) is 0 Å². The van der Waals surface area contributed by atoms with E-state index < -0.39 is 0 Å². The summed E-state index contributed by atoms with van der Waals surface area (Å²) in [6.07, 6.45) is 1.37. The van der Waals surface area contributed by atoms with E-state index in [2.05, 4.69) is 21.2 Å². The zero-order chi connectivity index (χ0) is 13.8. The van der Waals surface area contributed by atoms with Crippen molar-refractivity contribution in [3.8, 4) is 0 Å². The number of aliphatic hydroxyl groups excluding tert-OH is 1. The fourth-order valence-electron chi connectivity index (χ4n) is 2.32. The van der Waals surface area contributed by atoms with Gasteiger partial charge in [-0.1, -0.05) is 6.07 Å². The topological polar surface area (TPSA) is 52.6 Å². The maximum Gasteiger partial charge on any atom is 0.244 e. The number of nitrogens with one attached hydrogen (secondary N) is 1. The van der Waals surface area contributed by atoms with Crippen LogP contribution in [-0.2, 0) is 4.79 Å². The van der Waals surface area contributed by atoms with Crippen LogP contribution in [0.25, 0.3) is 0 Å². The normalized spacial score (nSPS) is 20.5. The Hall–Kier alpha value is -0.910. The molecule has 1 aliphatic heterocycles. The number of nitrogens with zero attached hydrogens (tertiary/aromatic N) is 1. The van der Waals surface area contributed by atoms with Gasteiger partial charge in [0, 0.05) is 17.6 Å². The number of amides is 1. The minimum atomic E-state index is -0.291. The van der Waals surface area contributed by atoms with Crippen LogP contribution in [0, 0.1) is 6.92 Å². The second-order valence-corrected chi connectivity index (χ2v) is 5.67. The Labute approximate surface area is 121 Å². The number of carbonyl (C=O) groups excluding carboxylic acids is 1. The summed E-state index contributed by atoms with van der Waals surface area (Å²) < 4.78 is 0.936. The lowest BCUT2D eigenvalue weighted by Gasteiger charge is -2.25. The van der Waals surface area contributed by atoms with Crippen LogP contribution in [0.2, 0.25) is 0 Å². The SMILES string of the molecule is Cc1ccc(N2CCCNC(CCO)C2=O)c(Br)c1. The third-order valence-corrected chi connectivity index (χ3v) is 3.96. The van der Waals surface area contributed by atoms with E-state index in [0.29, 0.717) is 13.0 Å². The number of carbonyl (C=O) groups is 1. The lowest BCUT2D eigenvalue weighted by atomic mass is 10.1. The van der Waals surface area contributed by atoms with Gasteiger partial charge in [0.1, 0.15) is 0 Å². The number of aliphatic hydroxyl groups is 1. The first-order chi connectivity index (χ1) is 9.13. The monoisotopic (exact) mass is 326 g/mol. The van der Waals surface area contributed by atoms with Gasteiger partial charge in [0.15, 0.2) is 0 Å². The molecule has 19 heavy (non-hydrogen) atoms. The molecule has 1 amide bonds. The molecule has 0 radical (unpaired) electrons. The summed E-state index contributed by atoms with van der Waals surface area (Å²) in [4.78, 5) is 14.3. The van der Waals surface area contributed by atoms with Gasteiger partial charge in [-0.2, -0.15) is 0 Å². The summed E-state index contributed by atoms with van der Waals surface area (Å²) in [7, 11) is 0. The molecule has 1 fully saturated rings. The largest absolute Gasteiger partial charge is 0.396 e. The van der Waals surface area contributed by atoms with Gasteiger partial charge in [0.25, 0.3) is 0 Å². The van der Waals surface area contributed by atoms with E-state index in [1.165, 1.54) is 0 Å². The Morgan fingerprint density at radius 1 is 1.53 bits per heavy atom. The van der Waals surface area contributed by atoms with Crippen molar-refractivity contribution in [3.05, 3.63) is 28.2 Å². The summed E-state index contributed by atoms with van der Waals surface area (Å²) in [5.74, 6) is 0.0381. The first kappa shape index (κ1) is 14.5. The molecule has 104 valence electrons. The fraction of sp³-hybridized carbons (Fsp3) is 0.500. The molecule has 0 aromatic heterocycles. The van der Waals surface area contributed by atoms with E-state index >= 15 is 0 Å². The van der Waals surface area contributed by atoms with Crippen molar-refractivity contribution in [1.29, 1.82) is 0 Å². The second kappa shape index (κ2) is 6.50. The van der Waals surface area contributed by atoms with Crippen LogP contribution in [0.15, 0.2) is 22.7 Å². The highest BCUT2D eigenvalue weighted by Crippen LogP contribution is 2.28. The van der Waals surface area contributed by atoms with Gasteiger partial charge < -0.3 is 15.3 Å². The van der Waals surface area contributed by atoms with E-state index in [1.54, 1.807) is 0 Å². The van der Waals surface area contributed by atoms with Crippen molar-refractivity contribution < 1.29 is 9.90 Å². The number of anilines is 1. The molecule has 1 aliphatic rings. The van der Waals surface area contributed by atoms with Gasteiger partial charge in [0.2, 0.25) is 5.91 Å².